The fourth-order valence-corrected chi connectivity index (χ4v) is 3.98. The molecule has 0 spiro atoms. The molecule has 0 radical (unpaired) electrons. The molecule has 0 fully saturated rings. The molecule has 3 heterocycles. The zero-order valence-corrected chi connectivity index (χ0v) is 17.0. The van der Waals surface area contributed by atoms with Crippen LogP contribution in [0, 0.1) is 5.82 Å². The van der Waals surface area contributed by atoms with Crippen molar-refractivity contribution in [3.63, 3.8) is 0 Å². The van der Waals surface area contributed by atoms with Crippen LogP contribution in [0.4, 0.5) is 17.6 Å². The smallest absolute Gasteiger partial charge is 0.437 e. The van der Waals surface area contributed by atoms with E-state index in [0.717, 1.165) is 0 Å². The van der Waals surface area contributed by atoms with E-state index in [1.54, 1.807) is 17.9 Å². The second-order valence-electron chi connectivity index (χ2n) is 7.33. The van der Waals surface area contributed by atoms with Gasteiger partial charge in [-0.25, -0.2) is 9.37 Å². The van der Waals surface area contributed by atoms with Crippen molar-refractivity contribution >= 4 is 32.7 Å². The van der Waals surface area contributed by atoms with E-state index >= 15 is 0 Å². The van der Waals surface area contributed by atoms with Gasteiger partial charge in [0.05, 0.1) is 29.4 Å². The van der Waals surface area contributed by atoms with Crippen LogP contribution in [0.25, 0.3) is 44.0 Å². The van der Waals surface area contributed by atoms with Crippen LogP contribution in [0.3, 0.4) is 0 Å². The van der Waals surface area contributed by atoms with Crippen LogP contribution >= 0.6 is 0 Å². The molecule has 0 atom stereocenters. The fourth-order valence-electron chi connectivity index (χ4n) is 3.98. The molecule has 0 unspecified atom stereocenters. The van der Waals surface area contributed by atoms with Crippen LogP contribution in [0.5, 0.6) is 5.75 Å². The monoisotopic (exact) mass is 444 g/mol. The van der Waals surface area contributed by atoms with Gasteiger partial charge in [-0.1, -0.05) is 6.92 Å². The molecule has 32 heavy (non-hydrogen) atoms. The summed E-state index contributed by atoms with van der Waals surface area (Å²) in [5.41, 5.74) is -0.0318. The molecule has 0 saturated heterocycles. The number of ether oxygens (including phenoxy) is 1. The number of pyridine rings is 1. The minimum absolute atomic E-state index is 0.112. The molecule has 11 heteroatoms. The highest BCUT2D eigenvalue weighted by molar-refractivity contribution is 6.26. The van der Waals surface area contributed by atoms with E-state index in [2.05, 4.69) is 20.2 Å². The van der Waals surface area contributed by atoms with Crippen LogP contribution in [0.1, 0.15) is 19.0 Å². The number of alkyl halides is 3. The molecule has 0 saturated carbocycles. The number of rotatable bonds is 4. The largest absolute Gasteiger partial charge is 0.493 e. The van der Waals surface area contributed by atoms with Gasteiger partial charge < -0.3 is 9.30 Å². The highest BCUT2D eigenvalue weighted by Gasteiger charge is 2.38. The Labute approximate surface area is 178 Å². The summed E-state index contributed by atoms with van der Waals surface area (Å²) in [7, 11) is 1.77. The number of fused-ring (bicyclic) bond motifs is 6. The Bertz CT molecular complexity index is 1490. The van der Waals surface area contributed by atoms with Gasteiger partial charge in [0.25, 0.3) is 0 Å². The van der Waals surface area contributed by atoms with Gasteiger partial charge in [0.15, 0.2) is 5.69 Å². The Balaban J connectivity index is 2.00. The van der Waals surface area contributed by atoms with Gasteiger partial charge in [0.1, 0.15) is 22.8 Å². The van der Waals surface area contributed by atoms with Gasteiger partial charge in [-0.2, -0.15) is 28.6 Å². The van der Waals surface area contributed by atoms with Crippen LogP contribution < -0.4 is 4.74 Å². The number of hydrogen-bond donors (Lipinski definition) is 1. The van der Waals surface area contributed by atoms with E-state index in [-0.39, 0.29) is 16.7 Å². The number of aromatic nitrogens is 6. The van der Waals surface area contributed by atoms with Crippen molar-refractivity contribution in [3.8, 4) is 17.0 Å². The Kier molecular flexibility index (Phi) is 4.50. The molecule has 3 aromatic heterocycles. The third-order valence-electron chi connectivity index (χ3n) is 5.22. The molecule has 2 aromatic carbocycles. The summed E-state index contributed by atoms with van der Waals surface area (Å²) in [6, 6.07) is 3.94. The lowest BCUT2D eigenvalue weighted by Gasteiger charge is -2.15. The molecule has 164 valence electrons. The molecular weight excluding hydrogens is 428 g/mol. The van der Waals surface area contributed by atoms with Gasteiger partial charge in [-0.15, -0.1) is 0 Å². The summed E-state index contributed by atoms with van der Waals surface area (Å²) in [5.74, 6) is -0.305. The number of H-pyrrole nitrogens is 1. The van der Waals surface area contributed by atoms with Gasteiger partial charge in [-0.3, -0.25) is 4.98 Å². The van der Waals surface area contributed by atoms with Gasteiger partial charge in [-0.05, 0) is 18.6 Å². The quantitative estimate of drug-likeness (QED) is 0.311. The van der Waals surface area contributed by atoms with E-state index < -0.39 is 23.4 Å². The van der Waals surface area contributed by atoms with E-state index in [0.29, 0.717) is 40.4 Å². The molecule has 7 nitrogen and oxygen atoms in total. The van der Waals surface area contributed by atoms with E-state index in [4.69, 9.17) is 4.74 Å². The molecule has 5 aromatic rings. The molecule has 1 N–H and O–H groups in total. The van der Waals surface area contributed by atoms with E-state index in [1.165, 1.54) is 24.4 Å². The number of benzene rings is 2. The lowest BCUT2D eigenvalue weighted by Crippen LogP contribution is -2.07. The summed E-state index contributed by atoms with van der Waals surface area (Å²) in [6.45, 7) is 2.26. The van der Waals surface area contributed by atoms with Crippen molar-refractivity contribution in [2.24, 2.45) is 7.05 Å². The van der Waals surface area contributed by atoms with Gasteiger partial charge in [0, 0.05) is 35.6 Å². The van der Waals surface area contributed by atoms with Gasteiger partial charge in [0.2, 0.25) is 0 Å². The summed E-state index contributed by atoms with van der Waals surface area (Å²) in [6.07, 6.45) is -1.09. The minimum atomic E-state index is -4.73. The zero-order valence-electron chi connectivity index (χ0n) is 17.0. The van der Waals surface area contributed by atoms with Crippen molar-refractivity contribution in [1.29, 1.82) is 0 Å². The van der Waals surface area contributed by atoms with Crippen LogP contribution in [0.15, 0.2) is 30.7 Å². The van der Waals surface area contributed by atoms with Crippen molar-refractivity contribution in [1.82, 2.24) is 29.9 Å². The number of nitrogens with one attached hydrogen (secondary N) is 1. The molecule has 0 aliphatic carbocycles. The first-order chi connectivity index (χ1) is 15.3. The lowest BCUT2D eigenvalue weighted by molar-refractivity contribution is -0.140. The highest BCUT2D eigenvalue weighted by atomic mass is 19.4. The standard InChI is InChI=1S/C21H16F4N6O/c1-3-6-32-13-8-10(22)7-12-14-11(16-20(21(23,24)25)29-30-28-16)4-5-26-17(14)18-19(15(12)13)31(2)9-27-18/h4-5,7-9H,3,6H2,1-2H3,(H,28,29,30). The molecule has 0 bridgehead atoms. The average Bonchev–Trinajstić information content (AvgIpc) is 3.39. The SMILES string of the molecule is CCCOc1cc(F)cc2c3c(-c4n[nH]nc4C(F)(F)F)ccnc3c3ncn(C)c3c12. The van der Waals surface area contributed by atoms with E-state index in [9.17, 15) is 17.6 Å². The predicted octanol–water partition coefficient (Wildman–Crippen LogP) is 5.01. The Morgan fingerprint density at radius 2 is 1.91 bits per heavy atom. The Morgan fingerprint density at radius 1 is 1.09 bits per heavy atom. The number of aromatic amines is 1. The molecule has 0 aliphatic rings. The van der Waals surface area contributed by atoms with Crippen molar-refractivity contribution in [3.05, 3.63) is 42.2 Å². The molecule has 5 rings (SSSR count). The third-order valence-corrected chi connectivity index (χ3v) is 5.22. The maximum Gasteiger partial charge on any atom is 0.437 e. The third kappa shape index (κ3) is 2.95. The predicted molar refractivity (Wildman–Crippen MR) is 110 cm³/mol. The maximum atomic E-state index is 14.7. The number of nitrogens with zero attached hydrogens (tertiary/aromatic N) is 5. The van der Waals surface area contributed by atoms with Crippen molar-refractivity contribution in [2.45, 2.75) is 19.5 Å². The van der Waals surface area contributed by atoms with Crippen LogP contribution in [-0.2, 0) is 13.2 Å². The first kappa shape index (κ1) is 20.2. The topological polar surface area (TPSA) is 81.5 Å². The average molecular weight is 444 g/mol. The zero-order chi connectivity index (χ0) is 22.6. The first-order valence-corrected chi connectivity index (χ1v) is 9.77. The minimum Gasteiger partial charge on any atom is -0.493 e. The highest BCUT2D eigenvalue weighted by Crippen LogP contribution is 2.44. The van der Waals surface area contributed by atoms with Crippen LogP contribution in [-0.4, -0.2) is 36.6 Å². The maximum absolute atomic E-state index is 14.7. The second-order valence-corrected chi connectivity index (χ2v) is 7.33. The van der Waals surface area contributed by atoms with Gasteiger partial charge >= 0.3 is 6.18 Å². The number of imidazole rings is 1. The fraction of sp³-hybridized carbons (Fsp3) is 0.238. The lowest BCUT2D eigenvalue weighted by atomic mass is 9.96. The summed E-state index contributed by atoms with van der Waals surface area (Å²) < 4.78 is 63.0. The molecular formula is C21H16F4N6O. The number of hydrogen-bond acceptors (Lipinski definition) is 5. The summed E-state index contributed by atoms with van der Waals surface area (Å²) >= 11 is 0. The number of halogens is 4. The summed E-state index contributed by atoms with van der Waals surface area (Å²) in [5, 5.41) is 10.3. The normalized spacial score (nSPS) is 12.3. The second kappa shape index (κ2) is 7.14. The first-order valence-electron chi connectivity index (χ1n) is 9.77. The van der Waals surface area contributed by atoms with Crippen LogP contribution in [0.2, 0.25) is 0 Å². The summed E-state index contributed by atoms with van der Waals surface area (Å²) in [4.78, 5) is 8.80. The van der Waals surface area contributed by atoms with E-state index in [1.807, 2.05) is 12.1 Å². The molecule has 0 amide bonds. The number of aryl methyl sites for hydroxylation is 1. The van der Waals surface area contributed by atoms with Crippen molar-refractivity contribution in [2.75, 3.05) is 6.61 Å². The molecule has 0 aliphatic heterocycles. The Morgan fingerprint density at radius 3 is 2.66 bits per heavy atom. The van der Waals surface area contributed by atoms with Crippen molar-refractivity contribution < 1.29 is 22.3 Å². The Hall–Kier alpha value is -3.76.